The number of hydrogen-bond acceptors (Lipinski definition) is 2. The van der Waals surface area contributed by atoms with E-state index in [0.717, 1.165) is 0 Å². The molecule has 5 heteroatoms. The topological polar surface area (TPSA) is 49.3 Å². The lowest BCUT2D eigenvalue weighted by atomic mass is 10.1. The summed E-state index contributed by atoms with van der Waals surface area (Å²) < 4.78 is 24.3. The summed E-state index contributed by atoms with van der Waals surface area (Å²) in [4.78, 5) is 10.8. The van der Waals surface area contributed by atoms with Gasteiger partial charge in [0, 0.05) is 0 Å². The Morgan fingerprint density at radius 2 is 1.92 bits per heavy atom. The third-order valence-electron chi connectivity index (χ3n) is 1.37. The molecule has 0 heterocycles. The van der Waals surface area contributed by atoms with Gasteiger partial charge in [-0.1, -0.05) is 0 Å². The van der Waals surface area contributed by atoms with E-state index in [2.05, 4.69) is 0 Å². The highest BCUT2D eigenvalue weighted by atomic mass is 19.3. The number of rotatable bonds is 3. The van der Waals surface area contributed by atoms with Crippen LogP contribution in [0.1, 0.15) is 20.8 Å². The number of alkyl halides is 2. The summed E-state index contributed by atoms with van der Waals surface area (Å²) in [5, 5.41) is 10.7. The van der Waals surface area contributed by atoms with Crippen LogP contribution in [0.25, 0.3) is 0 Å². The Kier molecular flexibility index (Phi) is 3.57. The number of carbonyl (C=O) groups is 1. The highest BCUT2D eigenvalue weighted by Crippen LogP contribution is 2.13. The van der Waals surface area contributed by atoms with Crippen LogP contribution in [0.3, 0.4) is 0 Å². The van der Waals surface area contributed by atoms with Crippen molar-refractivity contribution in [3.8, 4) is 0 Å². The van der Waals surface area contributed by atoms with E-state index in [-0.39, 0.29) is 0 Å². The predicted molar refractivity (Wildman–Crippen MR) is 39.9 cm³/mol. The molecule has 3 nitrogen and oxygen atoms in total. The van der Waals surface area contributed by atoms with Gasteiger partial charge < -0.3 is 10.4 Å². The zero-order chi connectivity index (χ0) is 9.94. The van der Waals surface area contributed by atoms with Gasteiger partial charge in [0.2, 0.25) is 5.91 Å². The molecule has 0 aromatic carbocycles. The molecule has 0 unspecified atom stereocenters. The van der Waals surface area contributed by atoms with Gasteiger partial charge >= 0.3 is 0 Å². The van der Waals surface area contributed by atoms with Crippen LogP contribution >= 0.6 is 0 Å². The monoisotopic (exact) mass is 181 g/mol. The van der Waals surface area contributed by atoms with Crippen LogP contribution in [0.15, 0.2) is 0 Å². The fourth-order valence-electron chi connectivity index (χ4n) is 0.477. The Hall–Kier alpha value is -0.710. The number of halogens is 2. The van der Waals surface area contributed by atoms with Crippen molar-refractivity contribution in [1.29, 1.82) is 0 Å². The summed E-state index contributed by atoms with van der Waals surface area (Å²) in [7, 11) is 0. The van der Waals surface area contributed by atoms with Gasteiger partial charge in [0.05, 0.1) is 5.54 Å². The van der Waals surface area contributed by atoms with E-state index in [4.69, 9.17) is 5.11 Å². The number of amides is 1. The molecule has 0 spiro atoms. The molecule has 0 aliphatic rings. The van der Waals surface area contributed by atoms with Gasteiger partial charge in [0.15, 0.2) is 0 Å². The number of hydrogen-bond donors (Lipinski definition) is 2. The van der Waals surface area contributed by atoms with E-state index in [9.17, 15) is 13.6 Å². The van der Waals surface area contributed by atoms with Gasteiger partial charge in [-0.2, -0.15) is 0 Å². The van der Waals surface area contributed by atoms with Gasteiger partial charge in [0.1, 0.15) is 6.10 Å². The van der Waals surface area contributed by atoms with Crippen molar-refractivity contribution in [1.82, 2.24) is 5.32 Å². The molecule has 0 aromatic heterocycles. The predicted octanol–water partition coefficient (Wildman–Crippen LogP) is 0.527. The molecule has 0 saturated carbocycles. The normalized spacial score (nSPS) is 14.6. The lowest BCUT2D eigenvalue weighted by molar-refractivity contribution is -0.132. The molecule has 1 amide bonds. The molecule has 0 aliphatic carbocycles. The molecule has 0 aliphatic heterocycles. The van der Waals surface area contributed by atoms with E-state index in [1.54, 1.807) is 0 Å². The Bertz CT molecular complexity index is 169. The quantitative estimate of drug-likeness (QED) is 0.667. The smallest absolute Gasteiger partial charge is 0.260 e. The van der Waals surface area contributed by atoms with Crippen molar-refractivity contribution in [2.75, 3.05) is 0 Å². The standard InChI is InChI=1S/C7H13F2NO2/c1-4(11)5(12)10-7(2,3)6(8)9/h4,6,11H,1-3H3,(H,10,12)/t4-/m1/s1. The maximum atomic E-state index is 12.1. The maximum absolute atomic E-state index is 12.1. The second-order valence-electron chi connectivity index (χ2n) is 3.19. The Labute approximate surface area is 69.8 Å². The molecule has 12 heavy (non-hydrogen) atoms. The van der Waals surface area contributed by atoms with Gasteiger partial charge in [-0.05, 0) is 20.8 Å². The summed E-state index contributed by atoms with van der Waals surface area (Å²) in [6, 6.07) is 0. The number of carbonyl (C=O) groups excluding carboxylic acids is 1. The summed E-state index contributed by atoms with van der Waals surface area (Å²) in [5.41, 5.74) is -1.59. The first-order valence-corrected chi connectivity index (χ1v) is 3.55. The summed E-state index contributed by atoms with van der Waals surface area (Å²) >= 11 is 0. The summed E-state index contributed by atoms with van der Waals surface area (Å²) in [5.74, 6) is -0.791. The summed E-state index contributed by atoms with van der Waals surface area (Å²) in [6.07, 6.45) is -3.91. The van der Waals surface area contributed by atoms with Crippen LogP contribution in [0, 0.1) is 0 Å². The first-order chi connectivity index (χ1) is 5.27. The fraction of sp³-hybridized carbons (Fsp3) is 0.857. The second kappa shape index (κ2) is 3.80. The number of nitrogens with one attached hydrogen (secondary N) is 1. The van der Waals surface area contributed by atoms with E-state index in [0.29, 0.717) is 0 Å². The van der Waals surface area contributed by atoms with Crippen molar-refractivity contribution in [2.45, 2.75) is 38.8 Å². The van der Waals surface area contributed by atoms with Crippen molar-refractivity contribution >= 4 is 5.91 Å². The average Bonchev–Trinajstić information content (AvgIpc) is 1.85. The largest absolute Gasteiger partial charge is 0.384 e. The van der Waals surface area contributed by atoms with Crippen LogP contribution in [0.5, 0.6) is 0 Å². The molecule has 0 bridgehead atoms. The molecular formula is C7H13F2NO2. The van der Waals surface area contributed by atoms with Crippen LogP contribution in [-0.2, 0) is 4.79 Å². The average molecular weight is 181 g/mol. The van der Waals surface area contributed by atoms with E-state index in [1.807, 2.05) is 5.32 Å². The van der Waals surface area contributed by atoms with E-state index < -0.39 is 24.0 Å². The molecule has 0 radical (unpaired) electrons. The Balaban J connectivity index is 4.15. The molecule has 2 N–H and O–H groups in total. The fourth-order valence-corrected chi connectivity index (χ4v) is 0.477. The van der Waals surface area contributed by atoms with Crippen LogP contribution < -0.4 is 5.32 Å². The zero-order valence-electron chi connectivity index (χ0n) is 7.27. The highest BCUT2D eigenvalue weighted by Gasteiger charge is 2.31. The zero-order valence-corrected chi connectivity index (χ0v) is 7.27. The number of aliphatic hydroxyl groups excluding tert-OH is 1. The van der Waals surface area contributed by atoms with E-state index in [1.165, 1.54) is 20.8 Å². The molecule has 1 atom stereocenters. The SMILES string of the molecule is C[C@@H](O)C(=O)NC(C)(C)C(F)F. The van der Waals surface area contributed by atoms with Crippen molar-refractivity contribution in [3.05, 3.63) is 0 Å². The molecule has 0 aromatic rings. The minimum Gasteiger partial charge on any atom is -0.384 e. The molecular weight excluding hydrogens is 168 g/mol. The highest BCUT2D eigenvalue weighted by molar-refractivity contribution is 5.80. The minimum atomic E-state index is -2.65. The minimum absolute atomic E-state index is 0.791. The van der Waals surface area contributed by atoms with Crippen LogP contribution in [-0.4, -0.2) is 29.1 Å². The van der Waals surface area contributed by atoms with Gasteiger partial charge in [-0.25, -0.2) is 8.78 Å². The first-order valence-electron chi connectivity index (χ1n) is 3.55. The van der Waals surface area contributed by atoms with Crippen LogP contribution in [0.4, 0.5) is 8.78 Å². The van der Waals surface area contributed by atoms with Gasteiger partial charge in [-0.3, -0.25) is 4.79 Å². The first kappa shape index (κ1) is 11.3. The molecule has 72 valence electrons. The third-order valence-corrected chi connectivity index (χ3v) is 1.37. The van der Waals surface area contributed by atoms with Crippen LogP contribution in [0.2, 0.25) is 0 Å². The Morgan fingerprint density at radius 3 is 2.17 bits per heavy atom. The second-order valence-corrected chi connectivity index (χ2v) is 3.19. The molecule has 0 saturated heterocycles. The molecule has 0 fully saturated rings. The van der Waals surface area contributed by atoms with Gasteiger partial charge in [0.25, 0.3) is 6.43 Å². The third kappa shape index (κ3) is 3.13. The van der Waals surface area contributed by atoms with E-state index >= 15 is 0 Å². The van der Waals surface area contributed by atoms with Gasteiger partial charge in [-0.15, -0.1) is 0 Å². The lowest BCUT2D eigenvalue weighted by Gasteiger charge is -2.25. The maximum Gasteiger partial charge on any atom is 0.260 e. The number of aliphatic hydroxyl groups is 1. The summed E-state index contributed by atoms with van der Waals surface area (Å²) in [6.45, 7) is 3.60. The van der Waals surface area contributed by atoms with Crippen molar-refractivity contribution in [2.24, 2.45) is 0 Å². The lowest BCUT2D eigenvalue weighted by Crippen LogP contribution is -2.51. The van der Waals surface area contributed by atoms with Crippen molar-refractivity contribution in [3.63, 3.8) is 0 Å². The molecule has 0 rings (SSSR count). The Morgan fingerprint density at radius 1 is 1.50 bits per heavy atom. The van der Waals surface area contributed by atoms with Crippen molar-refractivity contribution < 1.29 is 18.7 Å².